The third kappa shape index (κ3) is 5.42. The van der Waals surface area contributed by atoms with Gasteiger partial charge in [-0.05, 0) is 31.4 Å². The highest BCUT2D eigenvalue weighted by molar-refractivity contribution is 6.39. The van der Waals surface area contributed by atoms with E-state index in [1.807, 2.05) is 6.92 Å². The predicted molar refractivity (Wildman–Crippen MR) is 82.1 cm³/mol. The summed E-state index contributed by atoms with van der Waals surface area (Å²) in [5.74, 6) is 0.494. The van der Waals surface area contributed by atoms with Crippen molar-refractivity contribution < 1.29 is 4.79 Å². The number of halogens is 2. The van der Waals surface area contributed by atoms with Gasteiger partial charge in [-0.3, -0.25) is 4.79 Å². The van der Waals surface area contributed by atoms with E-state index in [0.29, 0.717) is 21.5 Å². The molecule has 19 heavy (non-hydrogen) atoms. The maximum absolute atomic E-state index is 12.1. The Bertz CT molecular complexity index is 412. The SMILES string of the molecule is CC(C)CCCC(C)NC(=O)c1c(Cl)cccc1Cl. The first-order valence-electron chi connectivity index (χ1n) is 6.66. The van der Waals surface area contributed by atoms with E-state index in [1.165, 1.54) is 6.42 Å². The summed E-state index contributed by atoms with van der Waals surface area (Å²) in [7, 11) is 0. The molecule has 0 saturated carbocycles. The van der Waals surface area contributed by atoms with Crippen LogP contribution >= 0.6 is 23.2 Å². The maximum atomic E-state index is 12.1. The molecule has 0 spiro atoms. The fourth-order valence-electron chi connectivity index (χ4n) is 1.92. The molecule has 4 heteroatoms. The summed E-state index contributed by atoms with van der Waals surface area (Å²) in [4.78, 5) is 12.1. The van der Waals surface area contributed by atoms with Crippen LogP contribution in [0.15, 0.2) is 18.2 Å². The van der Waals surface area contributed by atoms with Crippen molar-refractivity contribution in [3.63, 3.8) is 0 Å². The summed E-state index contributed by atoms with van der Waals surface area (Å²) < 4.78 is 0. The van der Waals surface area contributed by atoms with Crippen LogP contribution < -0.4 is 5.32 Å². The normalized spacial score (nSPS) is 12.5. The van der Waals surface area contributed by atoms with E-state index in [0.717, 1.165) is 12.8 Å². The highest BCUT2D eigenvalue weighted by atomic mass is 35.5. The fraction of sp³-hybridized carbons (Fsp3) is 0.533. The van der Waals surface area contributed by atoms with Crippen molar-refractivity contribution in [1.82, 2.24) is 5.32 Å². The van der Waals surface area contributed by atoms with Gasteiger partial charge in [0.25, 0.3) is 5.91 Å². The molecule has 1 unspecified atom stereocenters. The Kier molecular flexibility index (Phi) is 6.67. The van der Waals surface area contributed by atoms with E-state index >= 15 is 0 Å². The number of carbonyl (C=O) groups is 1. The largest absolute Gasteiger partial charge is 0.349 e. The molecule has 0 radical (unpaired) electrons. The molecule has 0 aromatic heterocycles. The minimum Gasteiger partial charge on any atom is -0.349 e. The molecule has 1 N–H and O–H groups in total. The molecule has 0 aliphatic carbocycles. The number of carbonyl (C=O) groups excluding carboxylic acids is 1. The molecule has 0 heterocycles. The first-order chi connectivity index (χ1) is 8.91. The van der Waals surface area contributed by atoms with E-state index < -0.39 is 0 Å². The molecule has 2 nitrogen and oxygen atoms in total. The van der Waals surface area contributed by atoms with Gasteiger partial charge < -0.3 is 5.32 Å². The lowest BCUT2D eigenvalue weighted by Crippen LogP contribution is -2.32. The zero-order chi connectivity index (χ0) is 14.4. The standard InChI is InChI=1S/C15H21Cl2NO/c1-10(2)6-4-7-11(3)18-15(19)14-12(16)8-5-9-13(14)17/h5,8-11H,4,6-7H2,1-3H3,(H,18,19). The third-order valence-corrected chi connectivity index (χ3v) is 3.62. The third-order valence-electron chi connectivity index (χ3n) is 2.99. The first kappa shape index (κ1) is 16.3. The minimum absolute atomic E-state index is 0.124. The van der Waals surface area contributed by atoms with E-state index in [9.17, 15) is 4.79 Å². The lowest BCUT2D eigenvalue weighted by Gasteiger charge is -2.15. The highest BCUT2D eigenvalue weighted by Crippen LogP contribution is 2.24. The zero-order valence-corrected chi connectivity index (χ0v) is 13.2. The lowest BCUT2D eigenvalue weighted by atomic mass is 10.0. The molecule has 106 valence electrons. The summed E-state index contributed by atoms with van der Waals surface area (Å²) in [5, 5.41) is 3.72. The number of rotatable bonds is 6. The van der Waals surface area contributed by atoms with E-state index in [1.54, 1.807) is 18.2 Å². The van der Waals surface area contributed by atoms with Gasteiger partial charge in [0.2, 0.25) is 0 Å². The summed E-state index contributed by atoms with van der Waals surface area (Å²) in [6.45, 7) is 6.41. The zero-order valence-electron chi connectivity index (χ0n) is 11.7. The molecular weight excluding hydrogens is 281 g/mol. The highest BCUT2D eigenvalue weighted by Gasteiger charge is 2.16. The molecule has 1 aromatic carbocycles. The molecule has 0 saturated heterocycles. The average molecular weight is 302 g/mol. The van der Waals surface area contributed by atoms with Crippen molar-refractivity contribution in [2.75, 3.05) is 0 Å². The van der Waals surface area contributed by atoms with Crippen LogP contribution in [0.3, 0.4) is 0 Å². The topological polar surface area (TPSA) is 29.1 Å². The second kappa shape index (κ2) is 7.76. The van der Waals surface area contributed by atoms with Gasteiger partial charge in [0.1, 0.15) is 0 Å². The Labute approximate surface area is 125 Å². The Morgan fingerprint density at radius 2 is 1.74 bits per heavy atom. The average Bonchev–Trinajstić information content (AvgIpc) is 2.27. The van der Waals surface area contributed by atoms with Crippen LogP contribution in [0.25, 0.3) is 0 Å². The van der Waals surface area contributed by atoms with Gasteiger partial charge in [-0.2, -0.15) is 0 Å². The minimum atomic E-state index is -0.201. The van der Waals surface area contributed by atoms with Crippen LogP contribution in [0.2, 0.25) is 10.0 Å². The van der Waals surface area contributed by atoms with E-state index in [-0.39, 0.29) is 11.9 Å². The fourth-order valence-corrected chi connectivity index (χ4v) is 2.48. The lowest BCUT2D eigenvalue weighted by molar-refractivity contribution is 0.0938. The van der Waals surface area contributed by atoms with Gasteiger partial charge in [0, 0.05) is 6.04 Å². The Balaban J connectivity index is 2.55. The van der Waals surface area contributed by atoms with Crippen molar-refractivity contribution in [1.29, 1.82) is 0 Å². The van der Waals surface area contributed by atoms with Crippen LogP contribution in [0, 0.1) is 5.92 Å². The summed E-state index contributed by atoms with van der Waals surface area (Å²) in [6.07, 6.45) is 3.24. The summed E-state index contributed by atoms with van der Waals surface area (Å²) in [5.41, 5.74) is 0.363. The Morgan fingerprint density at radius 3 is 2.26 bits per heavy atom. The van der Waals surface area contributed by atoms with Crippen molar-refractivity contribution in [2.45, 2.75) is 46.1 Å². The molecule has 1 amide bonds. The van der Waals surface area contributed by atoms with Crippen molar-refractivity contribution in [3.05, 3.63) is 33.8 Å². The van der Waals surface area contributed by atoms with Crippen LogP contribution in [-0.4, -0.2) is 11.9 Å². The smallest absolute Gasteiger partial charge is 0.254 e. The van der Waals surface area contributed by atoms with Crippen molar-refractivity contribution in [3.8, 4) is 0 Å². The van der Waals surface area contributed by atoms with E-state index in [4.69, 9.17) is 23.2 Å². The first-order valence-corrected chi connectivity index (χ1v) is 7.42. The van der Waals surface area contributed by atoms with Crippen LogP contribution in [0.4, 0.5) is 0 Å². The second-order valence-electron chi connectivity index (χ2n) is 5.30. The van der Waals surface area contributed by atoms with Gasteiger partial charge in [-0.25, -0.2) is 0 Å². The quantitative estimate of drug-likeness (QED) is 0.792. The Morgan fingerprint density at radius 1 is 1.16 bits per heavy atom. The molecular formula is C15H21Cl2NO. The Hall–Kier alpha value is -0.730. The van der Waals surface area contributed by atoms with Crippen molar-refractivity contribution >= 4 is 29.1 Å². The van der Waals surface area contributed by atoms with Crippen LogP contribution in [0.1, 0.15) is 50.4 Å². The molecule has 1 aromatic rings. The predicted octanol–water partition coefficient (Wildman–Crippen LogP) is 4.94. The molecule has 0 aliphatic rings. The number of hydrogen-bond donors (Lipinski definition) is 1. The number of amides is 1. The van der Waals surface area contributed by atoms with Crippen LogP contribution in [0.5, 0.6) is 0 Å². The molecule has 1 atom stereocenters. The van der Waals surface area contributed by atoms with Gasteiger partial charge in [0.15, 0.2) is 0 Å². The van der Waals surface area contributed by atoms with Gasteiger partial charge in [-0.15, -0.1) is 0 Å². The summed E-state index contributed by atoms with van der Waals surface area (Å²) in [6, 6.07) is 5.20. The monoisotopic (exact) mass is 301 g/mol. The summed E-state index contributed by atoms with van der Waals surface area (Å²) >= 11 is 12.0. The number of nitrogens with one attached hydrogen (secondary N) is 1. The molecule has 0 aliphatic heterocycles. The molecule has 0 bridgehead atoms. The van der Waals surface area contributed by atoms with Gasteiger partial charge >= 0.3 is 0 Å². The molecule has 1 rings (SSSR count). The van der Waals surface area contributed by atoms with Crippen LogP contribution in [-0.2, 0) is 0 Å². The number of benzene rings is 1. The number of hydrogen-bond acceptors (Lipinski definition) is 1. The van der Waals surface area contributed by atoms with Crippen molar-refractivity contribution in [2.24, 2.45) is 5.92 Å². The van der Waals surface area contributed by atoms with Gasteiger partial charge in [-0.1, -0.05) is 56.0 Å². The second-order valence-corrected chi connectivity index (χ2v) is 6.11. The molecule has 0 fully saturated rings. The maximum Gasteiger partial charge on any atom is 0.254 e. The van der Waals surface area contributed by atoms with Gasteiger partial charge in [0.05, 0.1) is 15.6 Å². The van der Waals surface area contributed by atoms with E-state index in [2.05, 4.69) is 19.2 Å².